The van der Waals surface area contributed by atoms with E-state index >= 15 is 0 Å². The van der Waals surface area contributed by atoms with Crippen molar-refractivity contribution in [2.24, 2.45) is 11.0 Å². The first-order valence-corrected chi connectivity index (χ1v) is 9.95. The monoisotopic (exact) mass is 374 g/mol. The van der Waals surface area contributed by atoms with Gasteiger partial charge in [0.1, 0.15) is 5.00 Å². The molecule has 130 valence electrons. The van der Waals surface area contributed by atoms with E-state index in [1.165, 1.54) is 16.3 Å². The number of hydrogen-bond acceptors (Lipinski definition) is 5. The summed E-state index contributed by atoms with van der Waals surface area (Å²) in [5.41, 5.74) is 1.95. The SMILES string of the molecule is O=C(N1N=C(C2CC2)CC1c1ccccc1)N(c1cccs1)S(=O)[O-]. The average molecular weight is 374 g/mol. The number of benzene rings is 1. The highest BCUT2D eigenvalue weighted by atomic mass is 32.2. The van der Waals surface area contributed by atoms with Crippen LogP contribution in [-0.4, -0.2) is 25.5 Å². The highest BCUT2D eigenvalue weighted by molar-refractivity contribution is 7.81. The lowest BCUT2D eigenvalue weighted by Crippen LogP contribution is -2.41. The summed E-state index contributed by atoms with van der Waals surface area (Å²) in [5.74, 6) is 0.428. The van der Waals surface area contributed by atoms with Gasteiger partial charge in [-0.15, -0.1) is 11.3 Å². The fourth-order valence-electron chi connectivity index (χ4n) is 3.02. The largest absolute Gasteiger partial charge is 0.755 e. The number of hydrogen-bond donors (Lipinski definition) is 0. The molecule has 8 heteroatoms. The molecule has 25 heavy (non-hydrogen) atoms. The predicted molar refractivity (Wildman–Crippen MR) is 96.9 cm³/mol. The summed E-state index contributed by atoms with van der Waals surface area (Å²) in [6.45, 7) is 0. The molecule has 0 bridgehead atoms. The van der Waals surface area contributed by atoms with Crippen molar-refractivity contribution in [3.05, 3.63) is 53.4 Å². The number of thiophene rings is 1. The molecule has 6 nitrogen and oxygen atoms in total. The van der Waals surface area contributed by atoms with E-state index in [1.807, 2.05) is 30.3 Å². The summed E-state index contributed by atoms with van der Waals surface area (Å²) in [5, 5.41) is 7.94. The zero-order chi connectivity index (χ0) is 17.4. The zero-order valence-corrected chi connectivity index (χ0v) is 14.9. The number of hydrazone groups is 1. The minimum absolute atomic E-state index is 0.268. The lowest BCUT2D eigenvalue weighted by Gasteiger charge is -2.29. The summed E-state index contributed by atoms with van der Waals surface area (Å²) in [6.07, 6.45) is 2.83. The first-order valence-electron chi connectivity index (χ1n) is 8.03. The summed E-state index contributed by atoms with van der Waals surface area (Å²) < 4.78 is 24.2. The Kier molecular flexibility index (Phi) is 4.41. The Morgan fingerprint density at radius 1 is 1.24 bits per heavy atom. The van der Waals surface area contributed by atoms with Crippen molar-refractivity contribution in [1.82, 2.24) is 5.01 Å². The lowest BCUT2D eigenvalue weighted by molar-refractivity contribution is 0.197. The van der Waals surface area contributed by atoms with Crippen LogP contribution in [0.25, 0.3) is 0 Å². The molecule has 4 rings (SSSR count). The van der Waals surface area contributed by atoms with E-state index in [-0.39, 0.29) is 6.04 Å². The molecule has 2 aromatic rings. The molecule has 1 saturated carbocycles. The molecule has 0 saturated heterocycles. The van der Waals surface area contributed by atoms with E-state index in [4.69, 9.17) is 0 Å². The third-order valence-electron chi connectivity index (χ3n) is 4.39. The summed E-state index contributed by atoms with van der Waals surface area (Å²) in [6, 6.07) is 12.0. The van der Waals surface area contributed by atoms with Gasteiger partial charge in [-0.25, -0.2) is 14.1 Å². The molecule has 1 aliphatic carbocycles. The van der Waals surface area contributed by atoms with Gasteiger partial charge >= 0.3 is 6.03 Å². The topological polar surface area (TPSA) is 76.0 Å². The molecule has 2 aliphatic rings. The Morgan fingerprint density at radius 3 is 2.60 bits per heavy atom. The van der Waals surface area contributed by atoms with Gasteiger partial charge in [0.25, 0.3) is 0 Å². The molecule has 1 aromatic heterocycles. The third kappa shape index (κ3) is 3.24. The fourth-order valence-corrected chi connectivity index (χ4v) is 4.38. The van der Waals surface area contributed by atoms with Crippen LogP contribution in [0.5, 0.6) is 0 Å². The number of amides is 2. The van der Waals surface area contributed by atoms with Crippen molar-refractivity contribution in [2.45, 2.75) is 25.3 Å². The predicted octanol–water partition coefficient (Wildman–Crippen LogP) is 3.68. The Labute approximate surface area is 152 Å². The fraction of sp³-hybridized carbons (Fsp3) is 0.294. The second-order valence-corrected chi connectivity index (χ2v) is 7.81. The third-order valence-corrected chi connectivity index (χ3v) is 6.01. The highest BCUT2D eigenvalue weighted by Crippen LogP contribution is 2.41. The maximum atomic E-state index is 13.0. The van der Waals surface area contributed by atoms with Gasteiger partial charge in [-0.1, -0.05) is 30.3 Å². The highest BCUT2D eigenvalue weighted by Gasteiger charge is 2.40. The molecule has 2 amide bonds. The van der Waals surface area contributed by atoms with Crippen LogP contribution in [0.15, 0.2) is 52.9 Å². The maximum absolute atomic E-state index is 13.0. The molecule has 2 unspecified atom stereocenters. The van der Waals surface area contributed by atoms with Crippen molar-refractivity contribution < 1.29 is 13.6 Å². The van der Waals surface area contributed by atoms with Crippen molar-refractivity contribution in [3.63, 3.8) is 0 Å². The standard InChI is InChI=1S/C17H17N3O3S2/c21-17(20(25(22)23)16-7-4-10-24-16)19-15(13-5-2-1-3-6-13)11-14(18-19)12-8-9-12/h1-7,10,12,15H,8-9,11H2,(H,22,23)/p-1. The van der Waals surface area contributed by atoms with Crippen LogP contribution in [-0.2, 0) is 11.3 Å². The van der Waals surface area contributed by atoms with E-state index in [0.29, 0.717) is 17.3 Å². The van der Waals surface area contributed by atoms with Crippen LogP contribution in [0, 0.1) is 5.92 Å². The van der Waals surface area contributed by atoms with Crippen LogP contribution in [0.4, 0.5) is 9.80 Å². The van der Waals surface area contributed by atoms with E-state index < -0.39 is 17.3 Å². The van der Waals surface area contributed by atoms with Gasteiger partial charge in [-0.2, -0.15) is 5.10 Å². The molecule has 1 aliphatic heterocycles. The van der Waals surface area contributed by atoms with Gasteiger partial charge in [0, 0.05) is 12.1 Å². The van der Waals surface area contributed by atoms with Gasteiger partial charge in [0.05, 0.1) is 17.3 Å². The van der Waals surface area contributed by atoms with E-state index in [0.717, 1.165) is 28.4 Å². The second-order valence-electron chi connectivity index (χ2n) is 6.09. The molecule has 2 atom stereocenters. The molecule has 0 spiro atoms. The van der Waals surface area contributed by atoms with E-state index in [9.17, 15) is 13.6 Å². The second kappa shape index (κ2) is 6.70. The Bertz CT molecular complexity index is 819. The lowest BCUT2D eigenvalue weighted by atomic mass is 10.0. The summed E-state index contributed by atoms with van der Waals surface area (Å²) in [4.78, 5) is 13.0. The first-order chi connectivity index (χ1) is 12.1. The maximum Gasteiger partial charge on any atom is 0.357 e. The Balaban J connectivity index is 1.68. The van der Waals surface area contributed by atoms with Gasteiger partial charge in [0.15, 0.2) is 0 Å². The first kappa shape index (κ1) is 16.4. The molecule has 1 aromatic carbocycles. The number of carbonyl (C=O) groups excluding carboxylic acids is 1. The quantitative estimate of drug-likeness (QED) is 0.766. The average Bonchev–Trinajstić information content (AvgIpc) is 3.15. The number of rotatable bonds is 4. The molecular formula is C17H16N3O3S2-. The van der Waals surface area contributed by atoms with E-state index in [2.05, 4.69) is 5.10 Å². The van der Waals surface area contributed by atoms with Gasteiger partial charge in [-0.05, 0) is 41.8 Å². The molecular weight excluding hydrogens is 358 g/mol. The van der Waals surface area contributed by atoms with Crippen LogP contribution >= 0.6 is 11.3 Å². The Morgan fingerprint density at radius 2 is 2.00 bits per heavy atom. The van der Waals surface area contributed by atoms with Crippen molar-refractivity contribution in [2.75, 3.05) is 4.31 Å². The normalized spacial score (nSPS) is 21.1. The van der Waals surface area contributed by atoms with Crippen LogP contribution in [0.1, 0.15) is 30.9 Å². The summed E-state index contributed by atoms with van der Waals surface area (Å²) in [7, 11) is 0. The number of urea groups is 1. The van der Waals surface area contributed by atoms with Crippen molar-refractivity contribution in [3.8, 4) is 0 Å². The van der Waals surface area contributed by atoms with Crippen LogP contribution in [0.2, 0.25) is 0 Å². The van der Waals surface area contributed by atoms with Crippen LogP contribution < -0.4 is 4.31 Å². The number of anilines is 1. The van der Waals surface area contributed by atoms with E-state index in [1.54, 1.807) is 17.5 Å². The smallest absolute Gasteiger partial charge is 0.357 e. The van der Waals surface area contributed by atoms with Gasteiger partial charge in [0.2, 0.25) is 0 Å². The molecule has 0 radical (unpaired) electrons. The molecule has 1 fully saturated rings. The minimum Gasteiger partial charge on any atom is -0.755 e. The molecule has 0 N–H and O–H groups in total. The van der Waals surface area contributed by atoms with Gasteiger partial charge in [-0.3, -0.25) is 4.21 Å². The Hall–Kier alpha value is -2.03. The van der Waals surface area contributed by atoms with Gasteiger partial charge < -0.3 is 4.55 Å². The van der Waals surface area contributed by atoms with Crippen molar-refractivity contribution in [1.29, 1.82) is 0 Å². The molecule has 2 heterocycles. The number of nitrogens with zero attached hydrogens (tertiary/aromatic N) is 3. The minimum atomic E-state index is -2.70. The summed E-state index contributed by atoms with van der Waals surface area (Å²) >= 11 is -1.50. The zero-order valence-electron chi connectivity index (χ0n) is 13.3. The van der Waals surface area contributed by atoms with Crippen molar-refractivity contribution >= 4 is 39.3 Å². The number of carbonyl (C=O) groups is 1. The van der Waals surface area contributed by atoms with Crippen LogP contribution in [0.3, 0.4) is 0 Å².